The summed E-state index contributed by atoms with van der Waals surface area (Å²) in [5, 5.41) is 19.7. The lowest BCUT2D eigenvalue weighted by Crippen LogP contribution is -2.46. The molecular formula is C30H38FN7O3. The number of ether oxygens (including phenoxy) is 2. The number of halogens is 1. The fourth-order valence-corrected chi connectivity index (χ4v) is 7.10. The Morgan fingerprint density at radius 2 is 2.00 bits per heavy atom. The monoisotopic (exact) mass is 563 g/mol. The largest absolute Gasteiger partial charge is 0.493 e. The van der Waals surface area contributed by atoms with Gasteiger partial charge in [-0.15, -0.1) is 0 Å². The fraction of sp³-hybridized carbons (Fsp3) is 0.500. The standard InChI is InChI=1S/C29H35N7O3.CH3F/c1-17-24-15-34(23-11-18-9-19(23)10-21(18)30)7-8-35(24)33-28(17)20-12-25(29-26(38-2)13-32-36(29)14-20)39-27(16-37)22-5-3-4-6-31-22;1-2/h3-6,12-14,18-19,21,23,27,37H,7-11,15-16,30H2,1-2H3;1H3. The van der Waals surface area contributed by atoms with Crippen molar-refractivity contribution in [3.05, 3.63) is 59.8 Å². The average molecular weight is 564 g/mol. The second kappa shape index (κ2) is 11.4. The first kappa shape index (κ1) is 27.6. The molecule has 4 aromatic rings. The van der Waals surface area contributed by atoms with Crippen LogP contribution in [0.3, 0.4) is 0 Å². The highest BCUT2D eigenvalue weighted by molar-refractivity contribution is 5.75. The Balaban J connectivity index is 0.00000148. The maximum Gasteiger partial charge on any atom is 0.168 e. The molecular weight excluding hydrogens is 525 g/mol. The second-order valence-corrected chi connectivity index (χ2v) is 11.2. The Morgan fingerprint density at radius 1 is 1.15 bits per heavy atom. The molecule has 5 atom stereocenters. The van der Waals surface area contributed by atoms with Crippen LogP contribution in [0.5, 0.6) is 11.5 Å². The van der Waals surface area contributed by atoms with Crippen molar-refractivity contribution in [3.63, 3.8) is 0 Å². The van der Waals surface area contributed by atoms with E-state index in [9.17, 15) is 9.50 Å². The molecule has 3 aliphatic rings. The van der Waals surface area contributed by atoms with Crippen LogP contribution in [0.4, 0.5) is 4.39 Å². The number of hydrogen-bond acceptors (Lipinski definition) is 8. The highest BCUT2D eigenvalue weighted by Crippen LogP contribution is 2.47. The zero-order chi connectivity index (χ0) is 28.7. The molecule has 2 aliphatic carbocycles. The molecule has 0 saturated heterocycles. The van der Waals surface area contributed by atoms with Crippen LogP contribution in [0.1, 0.15) is 42.3 Å². The van der Waals surface area contributed by atoms with Gasteiger partial charge >= 0.3 is 0 Å². The SMILES string of the molecule is CF.COc1cnn2cc(-c3nn4c(c3C)CN(C3CC5CC3CC5N)CC4)cc(OC(CO)c3ccccn3)c12. The molecule has 5 unspecified atom stereocenters. The zero-order valence-corrected chi connectivity index (χ0v) is 23.8. The van der Waals surface area contributed by atoms with Gasteiger partial charge in [0.15, 0.2) is 23.1 Å². The molecule has 7 rings (SSSR count). The maximum absolute atomic E-state index is 10.2. The molecule has 10 nitrogen and oxygen atoms in total. The van der Waals surface area contributed by atoms with E-state index in [-0.39, 0.29) is 6.61 Å². The lowest BCUT2D eigenvalue weighted by Gasteiger charge is -2.38. The molecule has 11 heteroatoms. The van der Waals surface area contributed by atoms with Crippen molar-refractivity contribution >= 4 is 5.52 Å². The Labute approximate surface area is 238 Å². The van der Waals surface area contributed by atoms with Crippen LogP contribution in [-0.4, -0.2) is 73.9 Å². The van der Waals surface area contributed by atoms with Crippen LogP contribution in [0.15, 0.2) is 42.9 Å². The molecule has 41 heavy (non-hydrogen) atoms. The van der Waals surface area contributed by atoms with Crippen molar-refractivity contribution < 1.29 is 19.0 Å². The van der Waals surface area contributed by atoms with E-state index in [1.807, 2.05) is 30.5 Å². The van der Waals surface area contributed by atoms with Crippen molar-refractivity contribution in [1.82, 2.24) is 29.3 Å². The van der Waals surface area contributed by atoms with Crippen LogP contribution >= 0.6 is 0 Å². The van der Waals surface area contributed by atoms with Gasteiger partial charge in [-0.1, -0.05) is 6.07 Å². The van der Waals surface area contributed by atoms with Gasteiger partial charge in [0.2, 0.25) is 0 Å². The summed E-state index contributed by atoms with van der Waals surface area (Å²) in [6.07, 6.45) is 8.38. The first-order valence-electron chi connectivity index (χ1n) is 14.2. The number of nitrogens with zero attached hydrogens (tertiary/aromatic N) is 6. The predicted octanol–water partition coefficient (Wildman–Crippen LogP) is 3.55. The van der Waals surface area contributed by atoms with E-state index in [4.69, 9.17) is 20.3 Å². The van der Waals surface area contributed by atoms with Crippen LogP contribution in [-0.2, 0) is 13.1 Å². The molecule has 3 N–H and O–H groups in total. The summed E-state index contributed by atoms with van der Waals surface area (Å²) in [6.45, 7) is 4.75. The highest BCUT2D eigenvalue weighted by atomic mass is 19.1. The van der Waals surface area contributed by atoms with E-state index in [1.54, 1.807) is 24.0 Å². The van der Waals surface area contributed by atoms with Crippen molar-refractivity contribution in [3.8, 4) is 22.8 Å². The van der Waals surface area contributed by atoms with Gasteiger partial charge in [0.05, 0.1) is 50.7 Å². The summed E-state index contributed by atoms with van der Waals surface area (Å²) in [5.74, 6) is 2.57. The molecule has 4 aromatic heterocycles. The third-order valence-corrected chi connectivity index (χ3v) is 9.10. The van der Waals surface area contributed by atoms with Gasteiger partial charge in [-0.3, -0.25) is 19.0 Å². The quantitative estimate of drug-likeness (QED) is 0.351. The molecule has 2 saturated carbocycles. The van der Waals surface area contributed by atoms with Crippen LogP contribution in [0.25, 0.3) is 16.8 Å². The van der Waals surface area contributed by atoms with E-state index in [0.717, 1.165) is 36.8 Å². The molecule has 0 spiro atoms. The molecule has 0 radical (unpaired) electrons. The first-order chi connectivity index (χ1) is 20.0. The number of nitrogens with two attached hydrogens (primary N) is 1. The molecule has 1 aliphatic heterocycles. The van der Waals surface area contributed by atoms with Crippen molar-refractivity contribution in [2.24, 2.45) is 17.6 Å². The number of hydrogen-bond donors (Lipinski definition) is 2. The number of aromatic nitrogens is 5. The molecule has 2 fully saturated rings. The summed E-state index contributed by atoms with van der Waals surface area (Å²) in [5.41, 5.74) is 11.9. The van der Waals surface area contributed by atoms with Gasteiger partial charge < -0.3 is 20.3 Å². The van der Waals surface area contributed by atoms with Crippen molar-refractivity contribution in [1.29, 1.82) is 0 Å². The summed E-state index contributed by atoms with van der Waals surface area (Å²) >= 11 is 0. The maximum atomic E-state index is 10.2. The zero-order valence-electron chi connectivity index (χ0n) is 23.8. The third-order valence-electron chi connectivity index (χ3n) is 9.10. The number of pyridine rings is 2. The normalized spacial score (nSPS) is 24.1. The van der Waals surface area contributed by atoms with Crippen molar-refractivity contribution in [2.75, 3.05) is 27.4 Å². The van der Waals surface area contributed by atoms with E-state index < -0.39 is 6.10 Å². The molecule has 5 heterocycles. The average Bonchev–Trinajstić information content (AvgIpc) is 3.79. The van der Waals surface area contributed by atoms with E-state index >= 15 is 0 Å². The van der Waals surface area contributed by atoms with E-state index in [0.29, 0.717) is 47.9 Å². The van der Waals surface area contributed by atoms with Crippen molar-refractivity contribution in [2.45, 2.75) is 57.5 Å². The fourth-order valence-electron chi connectivity index (χ4n) is 7.10. The van der Waals surface area contributed by atoms with E-state index in [1.165, 1.54) is 30.5 Å². The third kappa shape index (κ3) is 4.85. The van der Waals surface area contributed by atoms with Crippen LogP contribution < -0.4 is 15.2 Å². The Kier molecular flexibility index (Phi) is 7.67. The number of aliphatic hydroxyl groups is 1. The number of rotatable bonds is 7. The summed E-state index contributed by atoms with van der Waals surface area (Å²) in [6, 6.07) is 8.57. The van der Waals surface area contributed by atoms with Gasteiger partial charge in [-0.05, 0) is 61.8 Å². The lowest BCUT2D eigenvalue weighted by molar-refractivity contribution is 0.104. The Bertz CT molecular complexity index is 1510. The molecule has 2 bridgehead atoms. The van der Waals surface area contributed by atoms with Gasteiger partial charge in [-0.2, -0.15) is 10.2 Å². The Morgan fingerprint density at radius 3 is 2.68 bits per heavy atom. The van der Waals surface area contributed by atoms with Gasteiger partial charge in [0.25, 0.3) is 0 Å². The first-order valence-corrected chi connectivity index (χ1v) is 14.2. The summed E-state index contributed by atoms with van der Waals surface area (Å²) in [4.78, 5) is 7.05. The predicted molar refractivity (Wildman–Crippen MR) is 152 cm³/mol. The highest BCUT2D eigenvalue weighted by Gasteiger charge is 2.47. The lowest BCUT2D eigenvalue weighted by atomic mass is 9.90. The number of methoxy groups -OCH3 is 1. The summed E-state index contributed by atoms with van der Waals surface area (Å²) < 4.78 is 25.4. The molecule has 0 amide bonds. The van der Waals surface area contributed by atoms with Crippen LogP contribution in [0, 0.1) is 18.8 Å². The van der Waals surface area contributed by atoms with Gasteiger partial charge in [0.1, 0.15) is 0 Å². The molecule has 0 aromatic carbocycles. The van der Waals surface area contributed by atoms with Gasteiger partial charge in [0, 0.05) is 43.1 Å². The van der Waals surface area contributed by atoms with Gasteiger partial charge in [-0.25, -0.2) is 4.52 Å². The minimum absolute atomic E-state index is 0.217. The number of aliphatic hydroxyl groups excluding tert-OH is 1. The second-order valence-electron chi connectivity index (χ2n) is 11.2. The molecule has 218 valence electrons. The topological polar surface area (TPSA) is 116 Å². The minimum atomic E-state index is -0.635. The Hall–Kier alpha value is -3.54. The number of alkyl halides is 1. The minimum Gasteiger partial charge on any atom is -0.493 e. The van der Waals surface area contributed by atoms with Crippen LogP contribution in [0.2, 0.25) is 0 Å². The number of fused-ring (bicyclic) bond motifs is 4. The van der Waals surface area contributed by atoms with E-state index in [2.05, 4.69) is 26.6 Å². The summed E-state index contributed by atoms with van der Waals surface area (Å²) in [7, 11) is 2.11. The smallest absolute Gasteiger partial charge is 0.168 e.